The maximum atomic E-state index is 11.9. The number of amides is 1. The molecule has 2 atom stereocenters. The van der Waals surface area contributed by atoms with Crippen molar-refractivity contribution in [3.63, 3.8) is 0 Å². The van der Waals surface area contributed by atoms with Crippen LogP contribution in [0.4, 0.5) is 4.79 Å². The number of rotatable bonds is 10. The highest BCUT2D eigenvalue weighted by Gasteiger charge is 2.27. The number of hydrogen-bond acceptors (Lipinski definition) is 7. The number of aliphatic carboxylic acids is 1. The molecule has 0 bridgehead atoms. The monoisotopic (exact) mass is 430 g/mol. The molecular formula is C19H27ClN2O7. The number of nitrogens with one attached hydrogen (secondary N) is 2. The first-order chi connectivity index (χ1) is 13.2. The Hall–Kier alpha value is -2.65. The number of carbonyl (C=O) groups is 4. The number of esters is 2. The second kappa shape index (κ2) is 13.5. The SMILES string of the molecule is COC(=O)[C@@H](CCNC(=O)OC(=O)c1ccccc1)N[C@@H](CC(C)C)C(=O)O.Cl. The van der Waals surface area contributed by atoms with Gasteiger partial charge in [-0.3, -0.25) is 14.9 Å². The summed E-state index contributed by atoms with van der Waals surface area (Å²) in [6, 6.07) is 6.14. The van der Waals surface area contributed by atoms with Crippen LogP contribution in [0.25, 0.3) is 0 Å². The molecule has 0 heterocycles. The Balaban J connectivity index is 0.00000784. The van der Waals surface area contributed by atoms with Gasteiger partial charge >= 0.3 is 24.0 Å². The highest BCUT2D eigenvalue weighted by Crippen LogP contribution is 2.08. The molecule has 0 saturated heterocycles. The molecule has 29 heavy (non-hydrogen) atoms. The van der Waals surface area contributed by atoms with Crippen LogP contribution in [0.15, 0.2) is 30.3 Å². The molecule has 0 fully saturated rings. The molecule has 0 saturated carbocycles. The topological polar surface area (TPSA) is 131 Å². The van der Waals surface area contributed by atoms with Crippen molar-refractivity contribution >= 4 is 36.4 Å². The van der Waals surface area contributed by atoms with Crippen LogP contribution < -0.4 is 10.6 Å². The van der Waals surface area contributed by atoms with Crippen LogP contribution in [0.2, 0.25) is 0 Å². The van der Waals surface area contributed by atoms with Crippen LogP contribution in [-0.2, 0) is 19.1 Å². The molecular weight excluding hydrogens is 404 g/mol. The summed E-state index contributed by atoms with van der Waals surface area (Å²) in [6.07, 6.45) is -0.581. The number of carboxylic acids is 1. The number of hydrogen-bond donors (Lipinski definition) is 3. The third-order valence-corrected chi connectivity index (χ3v) is 3.79. The van der Waals surface area contributed by atoms with E-state index in [0.717, 1.165) is 0 Å². The first kappa shape index (κ1) is 26.4. The normalized spacial score (nSPS) is 12.3. The van der Waals surface area contributed by atoms with Crippen molar-refractivity contribution in [1.29, 1.82) is 0 Å². The average molecular weight is 431 g/mol. The second-order valence-corrected chi connectivity index (χ2v) is 6.52. The first-order valence-corrected chi connectivity index (χ1v) is 8.86. The van der Waals surface area contributed by atoms with Crippen LogP contribution >= 0.6 is 12.4 Å². The van der Waals surface area contributed by atoms with E-state index in [1.54, 1.807) is 18.2 Å². The lowest BCUT2D eigenvalue weighted by Crippen LogP contribution is -2.49. The van der Waals surface area contributed by atoms with Crippen LogP contribution in [0.1, 0.15) is 37.0 Å². The summed E-state index contributed by atoms with van der Waals surface area (Å²) in [6.45, 7) is 3.71. The summed E-state index contributed by atoms with van der Waals surface area (Å²) in [4.78, 5) is 46.8. The van der Waals surface area contributed by atoms with Crippen molar-refractivity contribution < 1.29 is 33.8 Å². The maximum Gasteiger partial charge on any atom is 0.415 e. The van der Waals surface area contributed by atoms with E-state index < -0.39 is 36.1 Å². The highest BCUT2D eigenvalue weighted by molar-refractivity contribution is 5.96. The van der Waals surface area contributed by atoms with E-state index in [0.29, 0.717) is 6.42 Å². The quantitative estimate of drug-likeness (QED) is 0.379. The minimum absolute atomic E-state index is 0. The molecule has 1 amide bonds. The summed E-state index contributed by atoms with van der Waals surface area (Å²) < 4.78 is 9.34. The van der Waals surface area contributed by atoms with E-state index in [4.69, 9.17) is 0 Å². The van der Waals surface area contributed by atoms with E-state index in [9.17, 15) is 24.3 Å². The molecule has 0 spiro atoms. The molecule has 10 heteroatoms. The fourth-order valence-electron chi connectivity index (χ4n) is 2.44. The summed E-state index contributed by atoms with van der Waals surface area (Å²) in [5.74, 6) is -2.43. The van der Waals surface area contributed by atoms with Crippen molar-refractivity contribution in [1.82, 2.24) is 10.6 Å². The van der Waals surface area contributed by atoms with Gasteiger partial charge in [0, 0.05) is 6.54 Å². The number of halogens is 1. The summed E-state index contributed by atoms with van der Waals surface area (Å²) in [5.41, 5.74) is 0.227. The smallest absolute Gasteiger partial charge is 0.415 e. The fraction of sp³-hybridized carbons (Fsp3) is 0.474. The lowest BCUT2D eigenvalue weighted by Gasteiger charge is -2.22. The van der Waals surface area contributed by atoms with E-state index in [2.05, 4.69) is 20.1 Å². The molecule has 0 radical (unpaired) electrons. The number of ether oxygens (including phenoxy) is 2. The third-order valence-electron chi connectivity index (χ3n) is 3.79. The van der Waals surface area contributed by atoms with Crippen LogP contribution in [0, 0.1) is 5.92 Å². The van der Waals surface area contributed by atoms with Crippen molar-refractivity contribution in [3.8, 4) is 0 Å². The lowest BCUT2D eigenvalue weighted by atomic mass is 10.0. The Bertz CT molecular complexity index is 682. The zero-order valence-electron chi connectivity index (χ0n) is 16.5. The van der Waals surface area contributed by atoms with Gasteiger partial charge in [0.05, 0.1) is 12.7 Å². The molecule has 162 valence electrons. The highest BCUT2D eigenvalue weighted by atomic mass is 35.5. The zero-order valence-corrected chi connectivity index (χ0v) is 17.4. The minimum Gasteiger partial charge on any atom is -0.480 e. The van der Waals surface area contributed by atoms with Crippen molar-refractivity contribution in [2.24, 2.45) is 5.92 Å². The molecule has 1 aromatic rings. The molecule has 0 unspecified atom stereocenters. The maximum absolute atomic E-state index is 11.9. The van der Waals surface area contributed by atoms with Gasteiger partial charge in [-0.2, -0.15) is 0 Å². The largest absolute Gasteiger partial charge is 0.480 e. The number of carboxylic acid groups (broad SMARTS) is 1. The van der Waals surface area contributed by atoms with E-state index >= 15 is 0 Å². The number of alkyl carbamates (subject to hydrolysis) is 1. The summed E-state index contributed by atoms with van der Waals surface area (Å²) in [7, 11) is 1.19. The number of carbonyl (C=O) groups excluding carboxylic acids is 3. The summed E-state index contributed by atoms with van der Waals surface area (Å²) in [5, 5.41) is 14.4. The van der Waals surface area contributed by atoms with Crippen LogP contribution in [-0.4, -0.2) is 54.8 Å². The lowest BCUT2D eigenvalue weighted by molar-refractivity contribution is -0.145. The molecule has 0 aromatic heterocycles. The standard InChI is InChI=1S/C19H26N2O7.ClH/c1-12(2)11-15(16(22)23)21-14(18(25)27-3)9-10-20-19(26)28-17(24)13-7-5-4-6-8-13;/h4-8,12,14-15,21H,9-11H2,1-3H3,(H,20,26)(H,22,23);1H/t14-,15+;/m1./s1. The number of benzene rings is 1. The Morgan fingerprint density at radius 3 is 2.21 bits per heavy atom. The van der Waals surface area contributed by atoms with Crippen molar-refractivity contribution in [2.75, 3.05) is 13.7 Å². The molecule has 0 aliphatic heterocycles. The Labute approximate surface area is 175 Å². The minimum atomic E-state index is -1.08. The van der Waals surface area contributed by atoms with E-state index in [1.165, 1.54) is 19.2 Å². The van der Waals surface area contributed by atoms with Crippen LogP contribution in [0.3, 0.4) is 0 Å². The van der Waals surface area contributed by atoms with Gasteiger partial charge in [0.25, 0.3) is 0 Å². The van der Waals surface area contributed by atoms with Gasteiger partial charge < -0.3 is 19.9 Å². The average Bonchev–Trinajstić information content (AvgIpc) is 2.65. The number of methoxy groups -OCH3 is 1. The van der Waals surface area contributed by atoms with Gasteiger partial charge in [0.15, 0.2) is 0 Å². The van der Waals surface area contributed by atoms with Gasteiger partial charge in [-0.1, -0.05) is 32.0 Å². The Morgan fingerprint density at radius 1 is 1.07 bits per heavy atom. The Kier molecular flexibility index (Phi) is 12.3. The molecule has 0 aliphatic carbocycles. The van der Waals surface area contributed by atoms with Crippen LogP contribution in [0.5, 0.6) is 0 Å². The third kappa shape index (κ3) is 9.91. The molecule has 0 aliphatic rings. The van der Waals surface area contributed by atoms with Crippen molar-refractivity contribution in [2.45, 2.75) is 38.8 Å². The first-order valence-electron chi connectivity index (χ1n) is 8.86. The van der Waals surface area contributed by atoms with E-state index in [1.807, 2.05) is 13.8 Å². The zero-order chi connectivity index (χ0) is 21.1. The van der Waals surface area contributed by atoms with Gasteiger partial charge in [-0.25, -0.2) is 9.59 Å². The van der Waals surface area contributed by atoms with Gasteiger partial charge in [0.1, 0.15) is 12.1 Å². The predicted octanol–water partition coefficient (Wildman–Crippen LogP) is 2.00. The van der Waals surface area contributed by atoms with Gasteiger partial charge in [-0.15, -0.1) is 12.4 Å². The van der Waals surface area contributed by atoms with Gasteiger partial charge in [0.2, 0.25) is 0 Å². The molecule has 3 N–H and O–H groups in total. The molecule has 9 nitrogen and oxygen atoms in total. The Morgan fingerprint density at radius 2 is 1.69 bits per heavy atom. The summed E-state index contributed by atoms with van der Waals surface area (Å²) >= 11 is 0. The fourth-order valence-corrected chi connectivity index (χ4v) is 2.44. The van der Waals surface area contributed by atoms with Gasteiger partial charge in [-0.05, 0) is 30.9 Å². The predicted molar refractivity (Wildman–Crippen MR) is 107 cm³/mol. The second-order valence-electron chi connectivity index (χ2n) is 6.52. The molecule has 1 rings (SSSR count). The molecule has 1 aromatic carbocycles. The van der Waals surface area contributed by atoms with E-state index in [-0.39, 0.29) is 36.9 Å². The van der Waals surface area contributed by atoms with Crippen molar-refractivity contribution in [3.05, 3.63) is 35.9 Å².